The fourth-order valence-electron chi connectivity index (χ4n) is 2.70. The van der Waals surface area contributed by atoms with Crippen LogP contribution >= 0.6 is 0 Å². The molecule has 1 N–H and O–H groups in total. The van der Waals surface area contributed by atoms with E-state index in [1.807, 2.05) is 49.3 Å². The predicted octanol–water partition coefficient (Wildman–Crippen LogP) is 3.13. The summed E-state index contributed by atoms with van der Waals surface area (Å²) >= 11 is 0. The van der Waals surface area contributed by atoms with E-state index in [1.165, 1.54) is 5.56 Å². The van der Waals surface area contributed by atoms with Crippen LogP contribution in [0.3, 0.4) is 0 Å². The Morgan fingerprint density at radius 1 is 1.04 bits per heavy atom. The summed E-state index contributed by atoms with van der Waals surface area (Å²) < 4.78 is 11.3. The second-order valence-electron chi connectivity index (χ2n) is 6.17. The van der Waals surface area contributed by atoms with Gasteiger partial charge >= 0.3 is 0 Å². The molecule has 4 heteroatoms. The van der Waals surface area contributed by atoms with Gasteiger partial charge in [-0.05, 0) is 63.2 Å². The average Bonchev–Trinajstić information content (AvgIpc) is 2.58. The lowest BCUT2D eigenvalue weighted by Gasteiger charge is -2.28. The van der Waals surface area contributed by atoms with Gasteiger partial charge in [0.05, 0.1) is 7.11 Å². The molecular weight excluding hydrogens is 302 g/mol. The van der Waals surface area contributed by atoms with Gasteiger partial charge in [0.15, 0.2) is 6.23 Å². The van der Waals surface area contributed by atoms with Crippen molar-refractivity contribution in [3.63, 3.8) is 0 Å². The van der Waals surface area contributed by atoms with Crippen LogP contribution in [0.2, 0.25) is 0 Å². The third-order valence-corrected chi connectivity index (χ3v) is 3.96. The number of hydrogen-bond donors (Lipinski definition) is 1. The van der Waals surface area contributed by atoms with E-state index in [0.717, 1.165) is 29.9 Å². The Labute approximate surface area is 144 Å². The van der Waals surface area contributed by atoms with Crippen LogP contribution in [0.4, 0.5) is 0 Å². The molecule has 0 saturated heterocycles. The third kappa shape index (κ3) is 4.98. The van der Waals surface area contributed by atoms with E-state index in [9.17, 15) is 5.11 Å². The summed E-state index contributed by atoms with van der Waals surface area (Å²) in [5, 5.41) is 9.92. The molecule has 0 bridgehead atoms. The fourth-order valence-corrected chi connectivity index (χ4v) is 2.70. The SMILES string of the molecule is COc1cccc(CCc2ccccc2OC(C(C)O)N(C)C)c1. The molecule has 130 valence electrons. The Morgan fingerprint density at radius 3 is 2.46 bits per heavy atom. The van der Waals surface area contributed by atoms with Crippen molar-refractivity contribution in [3.8, 4) is 11.5 Å². The molecule has 2 unspecified atom stereocenters. The van der Waals surface area contributed by atoms with Gasteiger partial charge in [0.2, 0.25) is 0 Å². The summed E-state index contributed by atoms with van der Waals surface area (Å²) in [4.78, 5) is 1.88. The molecule has 0 spiro atoms. The van der Waals surface area contributed by atoms with Crippen LogP contribution in [-0.2, 0) is 12.8 Å². The highest BCUT2D eigenvalue weighted by atomic mass is 16.5. The molecule has 2 rings (SSSR count). The van der Waals surface area contributed by atoms with Gasteiger partial charge < -0.3 is 14.6 Å². The Hall–Kier alpha value is -2.04. The zero-order valence-corrected chi connectivity index (χ0v) is 14.9. The topological polar surface area (TPSA) is 41.9 Å². The van der Waals surface area contributed by atoms with Crippen LogP contribution < -0.4 is 9.47 Å². The predicted molar refractivity (Wildman–Crippen MR) is 96.6 cm³/mol. The lowest BCUT2D eigenvalue weighted by atomic mass is 10.0. The average molecular weight is 329 g/mol. The fraction of sp³-hybridized carbons (Fsp3) is 0.400. The highest BCUT2D eigenvalue weighted by molar-refractivity contribution is 5.35. The molecule has 0 aliphatic rings. The summed E-state index contributed by atoms with van der Waals surface area (Å²) in [7, 11) is 5.48. The number of benzene rings is 2. The highest BCUT2D eigenvalue weighted by Crippen LogP contribution is 2.23. The van der Waals surface area contributed by atoms with Gasteiger partial charge in [-0.1, -0.05) is 30.3 Å². The molecule has 24 heavy (non-hydrogen) atoms. The minimum atomic E-state index is -0.577. The molecule has 4 nitrogen and oxygen atoms in total. The monoisotopic (exact) mass is 329 g/mol. The summed E-state index contributed by atoms with van der Waals surface area (Å²) in [6, 6.07) is 16.1. The summed E-state index contributed by atoms with van der Waals surface area (Å²) in [6.45, 7) is 1.74. The maximum absolute atomic E-state index is 9.92. The Kier molecular flexibility index (Phi) is 6.64. The van der Waals surface area contributed by atoms with Crippen molar-refractivity contribution in [1.29, 1.82) is 0 Å². The summed E-state index contributed by atoms with van der Waals surface area (Å²) in [6.07, 6.45) is 0.816. The van der Waals surface area contributed by atoms with E-state index in [1.54, 1.807) is 14.0 Å². The number of nitrogens with zero attached hydrogens (tertiary/aromatic N) is 1. The maximum atomic E-state index is 9.92. The first-order chi connectivity index (χ1) is 11.5. The first kappa shape index (κ1) is 18.3. The van der Waals surface area contributed by atoms with Crippen LogP contribution in [0, 0.1) is 0 Å². The molecule has 0 fully saturated rings. The first-order valence-corrected chi connectivity index (χ1v) is 8.23. The normalized spacial score (nSPS) is 13.6. The number of aliphatic hydroxyl groups is 1. The van der Waals surface area contributed by atoms with Crippen molar-refractivity contribution < 1.29 is 14.6 Å². The number of methoxy groups -OCH3 is 1. The Balaban J connectivity index is 2.10. The number of rotatable bonds is 8. The Bertz CT molecular complexity index is 632. The molecular formula is C20H27NO3. The molecule has 2 aromatic carbocycles. The van der Waals surface area contributed by atoms with E-state index >= 15 is 0 Å². The lowest BCUT2D eigenvalue weighted by molar-refractivity contribution is -0.0353. The quantitative estimate of drug-likeness (QED) is 0.756. The highest BCUT2D eigenvalue weighted by Gasteiger charge is 2.20. The smallest absolute Gasteiger partial charge is 0.177 e. The van der Waals surface area contributed by atoms with E-state index in [0.29, 0.717) is 0 Å². The molecule has 2 aromatic rings. The van der Waals surface area contributed by atoms with Crippen molar-refractivity contribution in [3.05, 3.63) is 59.7 Å². The number of aryl methyl sites for hydroxylation is 2. The Morgan fingerprint density at radius 2 is 1.79 bits per heavy atom. The van der Waals surface area contributed by atoms with Crippen LogP contribution in [0.15, 0.2) is 48.5 Å². The van der Waals surface area contributed by atoms with Crippen LogP contribution in [0.5, 0.6) is 11.5 Å². The van der Waals surface area contributed by atoms with Crippen molar-refractivity contribution >= 4 is 0 Å². The van der Waals surface area contributed by atoms with Gasteiger partial charge in [0.1, 0.15) is 17.6 Å². The van der Waals surface area contributed by atoms with Crippen LogP contribution in [0.1, 0.15) is 18.1 Å². The van der Waals surface area contributed by atoms with E-state index in [4.69, 9.17) is 9.47 Å². The van der Waals surface area contributed by atoms with Crippen molar-refractivity contribution in [2.24, 2.45) is 0 Å². The number of aliphatic hydroxyl groups excluding tert-OH is 1. The third-order valence-electron chi connectivity index (χ3n) is 3.96. The van der Waals surface area contributed by atoms with Gasteiger partial charge in [-0.3, -0.25) is 4.90 Å². The number of hydrogen-bond acceptors (Lipinski definition) is 4. The molecule has 2 atom stereocenters. The first-order valence-electron chi connectivity index (χ1n) is 8.23. The van der Waals surface area contributed by atoms with Gasteiger partial charge in [0.25, 0.3) is 0 Å². The van der Waals surface area contributed by atoms with Crippen LogP contribution in [0.25, 0.3) is 0 Å². The van der Waals surface area contributed by atoms with Gasteiger partial charge in [-0.15, -0.1) is 0 Å². The van der Waals surface area contributed by atoms with E-state index < -0.39 is 6.10 Å². The second-order valence-corrected chi connectivity index (χ2v) is 6.17. The van der Waals surface area contributed by atoms with Gasteiger partial charge in [-0.25, -0.2) is 0 Å². The van der Waals surface area contributed by atoms with E-state index in [-0.39, 0.29) is 6.23 Å². The molecule has 0 aliphatic heterocycles. The summed E-state index contributed by atoms with van der Waals surface area (Å²) in [5.41, 5.74) is 2.36. The van der Waals surface area contributed by atoms with Gasteiger partial charge in [-0.2, -0.15) is 0 Å². The zero-order valence-electron chi connectivity index (χ0n) is 14.9. The van der Waals surface area contributed by atoms with Crippen molar-refractivity contribution in [2.45, 2.75) is 32.1 Å². The largest absolute Gasteiger partial charge is 0.497 e. The zero-order chi connectivity index (χ0) is 17.5. The van der Waals surface area contributed by atoms with Crippen molar-refractivity contribution in [1.82, 2.24) is 4.90 Å². The molecule has 0 aromatic heterocycles. The van der Waals surface area contributed by atoms with Crippen LogP contribution in [-0.4, -0.2) is 43.5 Å². The molecule has 0 saturated carbocycles. The molecule has 0 radical (unpaired) electrons. The maximum Gasteiger partial charge on any atom is 0.177 e. The number of para-hydroxylation sites is 1. The minimum Gasteiger partial charge on any atom is -0.497 e. The lowest BCUT2D eigenvalue weighted by Crippen LogP contribution is -2.42. The van der Waals surface area contributed by atoms with Crippen molar-refractivity contribution in [2.75, 3.05) is 21.2 Å². The molecule has 0 amide bonds. The summed E-state index contributed by atoms with van der Waals surface area (Å²) in [5.74, 6) is 1.69. The molecule has 0 aliphatic carbocycles. The number of likely N-dealkylation sites (N-methyl/N-ethyl adjacent to an activating group) is 1. The minimum absolute atomic E-state index is 0.372. The molecule has 0 heterocycles. The second kappa shape index (κ2) is 8.71. The van der Waals surface area contributed by atoms with Gasteiger partial charge in [0, 0.05) is 0 Å². The number of ether oxygens (including phenoxy) is 2. The standard InChI is InChI=1S/C20H27NO3/c1-15(22)20(21(2)3)24-19-11-6-5-9-17(19)13-12-16-8-7-10-18(14-16)23-4/h5-11,14-15,20,22H,12-13H2,1-4H3. The van der Waals surface area contributed by atoms with E-state index in [2.05, 4.69) is 18.2 Å².